The molecular formula is C29H25Cl3N2O6. The van der Waals surface area contributed by atoms with E-state index in [0.29, 0.717) is 21.8 Å². The number of carbonyl (C=O) groups is 4. The number of phenols is 1. The minimum Gasteiger partial charge on any atom is -0.504 e. The Morgan fingerprint density at radius 2 is 1.73 bits per heavy atom. The summed E-state index contributed by atoms with van der Waals surface area (Å²) in [5.74, 6) is -5.15. The molecule has 4 amide bonds. The Kier molecular flexibility index (Phi) is 6.08. The molecule has 0 spiro atoms. The number of carbonyl (C=O) groups excluding carboxylic acids is 4. The normalized spacial score (nSPS) is 33.1. The number of hydrogen-bond donors (Lipinski definition) is 1. The van der Waals surface area contributed by atoms with Crippen LogP contribution in [0.2, 0.25) is 5.02 Å². The SMILES string of the molecule is COc1cc([C@H]2C3=CC[C@@H]4C(=O)N(c5ccc(C)c(Cl)c5)C(=O)[C@@H]4[C@@H]3C[C@@]3(Cl)C(=O)N(C)C(=O)[C@@]23Cl)ccc1O. The van der Waals surface area contributed by atoms with Crippen LogP contribution in [0.4, 0.5) is 5.69 Å². The summed E-state index contributed by atoms with van der Waals surface area (Å²) in [5.41, 5.74) is 2.32. The van der Waals surface area contributed by atoms with Gasteiger partial charge in [-0.15, -0.1) is 23.2 Å². The smallest absolute Gasteiger partial charge is 0.253 e. The number of imide groups is 2. The molecule has 0 unspecified atom stereocenters. The fourth-order valence-corrected chi connectivity index (χ4v) is 8.16. The van der Waals surface area contributed by atoms with Gasteiger partial charge in [0.05, 0.1) is 24.6 Å². The number of methoxy groups -OCH3 is 1. The number of aryl methyl sites for hydroxylation is 1. The maximum atomic E-state index is 14.0. The molecule has 4 aliphatic rings. The Bertz CT molecular complexity index is 1560. The van der Waals surface area contributed by atoms with E-state index in [1.807, 2.05) is 13.0 Å². The summed E-state index contributed by atoms with van der Waals surface area (Å²) in [7, 11) is 2.72. The molecule has 0 bridgehead atoms. The number of aromatic hydroxyl groups is 1. The van der Waals surface area contributed by atoms with E-state index in [1.54, 1.807) is 30.3 Å². The Morgan fingerprint density at radius 3 is 2.40 bits per heavy atom. The van der Waals surface area contributed by atoms with Crippen molar-refractivity contribution < 1.29 is 29.0 Å². The van der Waals surface area contributed by atoms with Gasteiger partial charge in [-0.3, -0.25) is 24.1 Å². The van der Waals surface area contributed by atoms with Crippen molar-refractivity contribution in [2.24, 2.45) is 17.8 Å². The van der Waals surface area contributed by atoms with E-state index in [0.717, 1.165) is 15.4 Å². The van der Waals surface area contributed by atoms with Crippen LogP contribution in [-0.2, 0) is 19.2 Å². The second-order valence-corrected chi connectivity index (χ2v) is 12.5. The van der Waals surface area contributed by atoms with Gasteiger partial charge >= 0.3 is 0 Å². The van der Waals surface area contributed by atoms with E-state index in [9.17, 15) is 24.3 Å². The third kappa shape index (κ3) is 3.33. The minimum absolute atomic E-state index is 0.104. The topological polar surface area (TPSA) is 104 Å². The highest BCUT2D eigenvalue weighted by molar-refractivity contribution is 6.53. The number of likely N-dealkylation sites (tertiary alicyclic amines) is 1. The Labute approximate surface area is 245 Å². The van der Waals surface area contributed by atoms with Gasteiger partial charge in [-0.05, 0) is 61.1 Å². The van der Waals surface area contributed by atoms with E-state index in [4.69, 9.17) is 39.5 Å². The molecule has 3 fully saturated rings. The van der Waals surface area contributed by atoms with Crippen molar-refractivity contribution in [2.75, 3.05) is 19.1 Å². The average Bonchev–Trinajstić information content (AvgIpc) is 3.25. The number of amides is 4. The maximum Gasteiger partial charge on any atom is 0.253 e. The standard InChI is InChI=1S/C29H25Cl3N2O6/c1-13-4-6-15(11-19(13)30)34-24(36)17-8-7-16-18(22(17)25(34)37)12-28(31)26(38)33(2)27(39)29(28,32)23(16)14-5-9-20(35)21(10-14)40-3/h4-7,9-11,17-18,22-23,35H,8,12H2,1-3H3/t17-,18+,22-,23-,28+,29-/m0/s1. The molecule has 8 nitrogen and oxygen atoms in total. The molecule has 0 radical (unpaired) electrons. The molecule has 40 heavy (non-hydrogen) atoms. The van der Waals surface area contributed by atoms with E-state index >= 15 is 0 Å². The number of nitrogens with zero attached hydrogens (tertiary/aromatic N) is 2. The Morgan fingerprint density at radius 1 is 1.00 bits per heavy atom. The van der Waals surface area contributed by atoms with E-state index in [-0.39, 0.29) is 30.2 Å². The predicted molar refractivity (Wildman–Crippen MR) is 149 cm³/mol. The van der Waals surface area contributed by atoms with Gasteiger partial charge in [-0.2, -0.15) is 0 Å². The lowest BCUT2D eigenvalue weighted by Crippen LogP contribution is -2.60. The lowest BCUT2D eigenvalue weighted by atomic mass is 9.56. The number of ether oxygens (including phenoxy) is 1. The first-order valence-electron chi connectivity index (χ1n) is 12.8. The number of allylic oxidation sites excluding steroid dienone is 2. The molecule has 6 atom stereocenters. The van der Waals surface area contributed by atoms with E-state index in [1.165, 1.54) is 20.2 Å². The molecule has 2 aromatic carbocycles. The number of phenolic OH excluding ortho intramolecular Hbond substituents is 1. The number of alkyl halides is 2. The van der Waals surface area contributed by atoms with Gasteiger partial charge in [0, 0.05) is 18.0 Å². The highest BCUT2D eigenvalue weighted by atomic mass is 35.5. The number of benzene rings is 2. The lowest BCUT2D eigenvalue weighted by Gasteiger charge is -2.50. The van der Waals surface area contributed by atoms with Crippen LogP contribution in [0.3, 0.4) is 0 Å². The van der Waals surface area contributed by atoms with Crippen LogP contribution in [0.5, 0.6) is 11.5 Å². The minimum atomic E-state index is -1.91. The summed E-state index contributed by atoms with van der Waals surface area (Å²) in [5, 5.41) is 10.7. The molecule has 11 heteroatoms. The molecule has 1 N–H and O–H groups in total. The molecule has 2 aliphatic heterocycles. The zero-order valence-corrected chi connectivity index (χ0v) is 24.0. The van der Waals surface area contributed by atoms with Crippen LogP contribution in [0.25, 0.3) is 0 Å². The molecule has 2 aliphatic carbocycles. The molecule has 2 heterocycles. The monoisotopic (exact) mass is 602 g/mol. The maximum absolute atomic E-state index is 14.0. The third-order valence-corrected chi connectivity index (χ3v) is 10.8. The van der Waals surface area contributed by atoms with Crippen molar-refractivity contribution in [3.63, 3.8) is 0 Å². The van der Waals surface area contributed by atoms with Crippen molar-refractivity contribution in [1.82, 2.24) is 4.90 Å². The number of fused-ring (bicyclic) bond motifs is 4. The molecular weight excluding hydrogens is 579 g/mol. The predicted octanol–water partition coefficient (Wildman–Crippen LogP) is 4.56. The van der Waals surface area contributed by atoms with Gasteiger partial charge in [0.1, 0.15) is 0 Å². The molecule has 0 aromatic heterocycles. The summed E-state index contributed by atoms with van der Waals surface area (Å²) < 4.78 is 5.31. The Hall–Kier alpha value is -3.07. The summed E-state index contributed by atoms with van der Waals surface area (Å²) in [6.45, 7) is 1.82. The largest absolute Gasteiger partial charge is 0.504 e. The summed E-state index contributed by atoms with van der Waals surface area (Å²) in [4.78, 5) is 53.1. The first-order valence-corrected chi connectivity index (χ1v) is 13.9. The Balaban J connectivity index is 1.51. The van der Waals surface area contributed by atoms with Gasteiger partial charge in [-0.25, -0.2) is 4.90 Å². The van der Waals surface area contributed by atoms with E-state index in [2.05, 4.69) is 0 Å². The first-order chi connectivity index (χ1) is 18.9. The second-order valence-electron chi connectivity index (χ2n) is 10.9. The molecule has 208 valence electrons. The number of anilines is 1. The average molecular weight is 604 g/mol. The van der Waals surface area contributed by atoms with Crippen molar-refractivity contribution in [2.45, 2.75) is 35.4 Å². The molecule has 1 saturated carbocycles. The fraction of sp³-hybridized carbons (Fsp3) is 0.379. The molecule has 2 saturated heterocycles. The van der Waals surface area contributed by atoms with Crippen LogP contribution in [-0.4, -0.2) is 57.5 Å². The van der Waals surface area contributed by atoms with Crippen LogP contribution in [0.15, 0.2) is 48.0 Å². The third-order valence-electron chi connectivity index (χ3n) is 8.96. The lowest BCUT2D eigenvalue weighted by molar-refractivity contribution is -0.138. The van der Waals surface area contributed by atoms with E-state index < -0.39 is 51.1 Å². The van der Waals surface area contributed by atoms with Gasteiger partial charge < -0.3 is 9.84 Å². The fourth-order valence-electron chi connectivity index (χ4n) is 6.97. The number of rotatable bonds is 3. The van der Waals surface area contributed by atoms with Crippen molar-refractivity contribution >= 4 is 64.1 Å². The zero-order chi connectivity index (χ0) is 28.9. The molecule has 2 aromatic rings. The van der Waals surface area contributed by atoms with Crippen LogP contribution >= 0.6 is 34.8 Å². The van der Waals surface area contributed by atoms with Crippen molar-refractivity contribution in [3.8, 4) is 11.5 Å². The van der Waals surface area contributed by atoms with Crippen molar-refractivity contribution in [1.29, 1.82) is 0 Å². The van der Waals surface area contributed by atoms with Crippen LogP contribution < -0.4 is 9.64 Å². The number of hydrogen-bond acceptors (Lipinski definition) is 6. The summed E-state index contributed by atoms with van der Waals surface area (Å²) in [6.07, 6.45) is 1.99. The first kappa shape index (κ1) is 27.1. The summed E-state index contributed by atoms with van der Waals surface area (Å²) >= 11 is 20.6. The van der Waals surface area contributed by atoms with Gasteiger partial charge in [-0.1, -0.05) is 35.4 Å². The van der Waals surface area contributed by atoms with Gasteiger partial charge in [0.2, 0.25) is 11.8 Å². The quantitative estimate of drug-likeness (QED) is 0.314. The molecule has 6 rings (SSSR count). The zero-order valence-electron chi connectivity index (χ0n) is 21.8. The van der Waals surface area contributed by atoms with Crippen LogP contribution in [0.1, 0.15) is 29.9 Å². The van der Waals surface area contributed by atoms with Crippen LogP contribution in [0, 0.1) is 24.7 Å². The number of halogens is 3. The highest BCUT2D eigenvalue weighted by Gasteiger charge is 2.75. The van der Waals surface area contributed by atoms with Crippen molar-refractivity contribution in [3.05, 3.63) is 64.2 Å². The second kappa shape index (κ2) is 8.96. The summed E-state index contributed by atoms with van der Waals surface area (Å²) in [6, 6.07) is 9.57. The highest BCUT2D eigenvalue weighted by Crippen LogP contribution is 2.65. The van der Waals surface area contributed by atoms with Gasteiger partial charge in [0.15, 0.2) is 21.2 Å². The van der Waals surface area contributed by atoms with Gasteiger partial charge in [0.25, 0.3) is 11.8 Å².